The van der Waals surface area contributed by atoms with Gasteiger partial charge >= 0.3 is 0 Å². The van der Waals surface area contributed by atoms with Crippen LogP contribution in [0, 0.1) is 0 Å². The van der Waals surface area contributed by atoms with Gasteiger partial charge in [-0.1, -0.05) is 0 Å². The van der Waals surface area contributed by atoms with Gasteiger partial charge < -0.3 is 23.8 Å². The highest BCUT2D eigenvalue weighted by Crippen LogP contribution is 2.32. The molecule has 138 valence electrons. The molecule has 1 aromatic rings. The van der Waals surface area contributed by atoms with Gasteiger partial charge in [0, 0.05) is 32.4 Å². The average Bonchev–Trinajstić information content (AvgIpc) is 2.76. The molecule has 2 rings (SSSR count). The van der Waals surface area contributed by atoms with Crippen LogP contribution in [0.1, 0.15) is 31.4 Å². The van der Waals surface area contributed by atoms with Crippen LogP contribution in [0.2, 0.25) is 0 Å². The molecular formula is C19H27NO5. The Labute approximate surface area is 149 Å². The summed E-state index contributed by atoms with van der Waals surface area (Å²) in [5.41, 5.74) is 1.88. The molecule has 0 saturated heterocycles. The SMILES string of the molecule is CCOC(CCN1C=Cc2cc(OC)c(OC)cc2CC1=O)OCC. The number of hydrogen-bond acceptors (Lipinski definition) is 5. The van der Waals surface area contributed by atoms with Gasteiger partial charge in [-0.25, -0.2) is 0 Å². The van der Waals surface area contributed by atoms with Crippen LogP contribution in [0.25, 0.3) is 6.08 Å². The molecule has 0 aliphatic carbocycles. The number of methoxy groups -OCH3 is 2. The van der Waals surface area contributed by atoms with Crippen LogP contribution in [0.3, 0.4) is 0 Å². The summed E-state index contributed by atoms with van der Waals surface area (Å²) < 4.78 is 21.8. The maximum atomic E-state index is 12.6. The van der Waals surface area contributed by atoms with Crippen molar-refractivity contribution in [3.05, 3.63) is 29.5 Å². The minimum absolute atomic E-state index is 0.0361. The van der Waals surface area contributed by atoms with Crippen LogP contribution in [0.5, 0.6) is 11.5 Å². The highest BCUT2D eigenvalue weighted by molar-refractivity contribution is 5.84. The lowest BCUT2D eigenvalue weighted by molar-refractivity contribution is -0.144. The maximum absolute atomic E-state index is 12.6. The third-order valence-electron chi connectivity index (χ3n) is 4.05. The Bertz CT molecular complexity index is 608. The van der Waals surface area contributed by atoms with E-state index in [1.165, 1.54) is 0 Å². The highest BCUT2D eigenvalue weighted by atomic mass is 16.7. The summed E-state index contributed by atoms with van der Waals surface area (Å²) in [7, 11) is 3.19. The van der Waals surface area contributed by atoms with Crippen molar-refractivity contribution < 1.29 is 23.7 Å². The fourth-order valence-corrected chi connectivity index (χ4v) is 2.79. The standard InChI is InChI=1S/C19H27NO5/c1-5-24-19(25-6-2)8-10-20-9-7-14-11-16(22-3)17(23-4)12-15(14)13-18(20)21/h7,9,11-12,19H,5-6,8,10,13H2,1-4H3. The number of amides is 1. The van der Waals surface area contributed by atoms with Gasteiger partial charge in [-0.15, -0.1) is 0 Å². The van der Waals surface area contributed by atoms with Gasteiger partial charge in [0.1, 0.15) is 0 Å². The first-order valence-electron chi connectivity index (χ1n) is 8.58. The molecule has 25 heavy (non-hydrogen) atoms. The van der Waals surface area contributed by atoms with Crippen molar-refractivity contribution >= 4 is 12.0 Å². The molecule has 1 heterocycles. The smallest absolute Gasteiger partial charge is 0.230 e. The minimum atomic E-state index is -0.290. The molecule has 0 fully saturated rings. The zero-order valence-electron chi connectivity index (χ0n) is 15.4. The number of fused-ring (bicyclic) bond motifs is 1. The van der Waals surface area contributed by atoms with Gasteiger partial charge in [-0.2, -0.15) is 0 Å². The van der Waals surface area contributed by atoms with Gasteiger partial charge in [0.2, 0.25) is 5.91 Å². The number of nitrogens with zero attached hydrogens (tertiary/aromatic N) is 1. The van der Waals surface area contributed by atoms with Gasteiger partial charge in [-0.3, -0.25) is 4.79 Å². The normalized spacial score (nSPS) is 13.8. The summed E-state index contributed by atoms with van der Waals surface area (Å²) in [4.78, 5) is 14.3. The molecule has 0 N–H and O–H groups in total. The number of carbonyl (C=O) groups excluding carboxylic acids is 1. The van der Waals surface area contributed by atoms with Gasteiger partial charge in [-0.05, 0) is 43.2 Å². The van der Waals surface area contributed by atoms with Gasteiger partial charge in [0.05, 0.1) is 20.6 Å². The molecule has 0 unspecified atom stereocenters. The quantitative estimate of drug-likeness (QED) is 0.642. The van der Waals surface area contributed by atoms with E-state index in [0.29, 0.717) is 44.1 Å². The summed E-state index contributed by atoms with van der Waals surface area (Å²) in [5, 5.41) is 0. The van der Waals surface area contributed by atoms with E-state index in [9.17, 15) is 4.79 Å². The first-order valence-corrected chi connectivity index (χ1v) is 8.58. The molecule has 6 heteroatoms. The van der Waals surface area contributed by atoms with Crippen LogP contribution in [0.4, 0.5) is 0 Å². The molecule has 0 spiro atoms. The number of rotatable bonds is 9. The molecular weight excluding hydrogens is 322 g/mol. The van der Waals surface area contributed by atoms with E-state index < -0.39 is 0 Å². The number of hydrogen-bond donors (Lipinski definition) is 0. The number of ether oxygens (including phenoxy) is 4. The fraction of sp³-hybridized carbons (Fsp3) is 0.526. The highest BCUT2D eigenvalue weighted by Gasteiger charge is 2.20. The van der Waals surface area contributed by atoms with E-state index in [-0.39, 0.29) is 12.2 Å². The van der Waals surface area contributed by atoms with Gasteiger partial charge in [0.25, 0.3) is 0 Å². The van der Waals surface area contributed by atoms with E-state index in [1.54, 1.807) is 19.1 Å². The molecule has 0 atom stereocenters. The van der Waals surface area contributed by atoms with Crippen LogP contribution in [-0.2, 0) is 20.7 Å². The zero-order valence-corrected chi connectivity index (χ0v) is 15.4. The van der Waals surface area contributed by atoms with Gasteiger partial charge in [0.15, 0.2) is 17.8 Å². The molecule has 0 bridgehead atoms. The third kappa shape index (κ3) is 4.96. The maximum Gasteiger partial charge on any atom is 0.230 e. The number of benzene rings is 1. The topological polar surface area (TPSA) is 57.2 Å². The molecule has 1 aliphatic rings. The first kappa shape index (κ1) is 19.3. The van der Waals surface area contributed by atoms with E-state index in [0.717, 1.165) is 11.1 Å². The Hall–Kier alpha value is -2.05. The second kappa shape index (κ2) is 9.44. The fourth-order valence-electron chi connectivity index (χ4n) is 2.79. The first-order chi connectivity index (χ1) is 12.1. The van der Waals surface area contributed by atoms with E-state index >= 15 is 0 Å². The molecule has 0 radical (unpaired) electrons. The minimum Gasteiger partial charge on any atom is -0.493 e. The summed E-state index contributed by atoms with van der Waals surface area (Å²) in [6.07, 6.45) is 4.40. The van der Waals surface area contributed by atoms with Crippen molar-refractivity contribution in [1.29, 1.82) is 0 Å². The van der Waals surface area contributed by atoms with Crippen molar-refractivity contribution in [3.63, 3.8) is 0 Å². The molecule has 0 aromatic heterocycles. The largest absolute Gasteiger partial charge is 0.493 e. The van der Waals surface area contributed by atoms with Crippen LogP contribution in [-0.4, -0.2) is 51.1 Å². The Kier molecular flexibility index (Phi) is 7.28. The lowest BCUT2D eigenvalue weighted by Gasteiger charge is -2.22. The molecule has 1 aliphatic heterocycles. The zero-order chi connectivity index (χ0) is 18.2. The van der Waals surface area contributed by atoms with Crippen LogP contribution >= 0.6 is 0 Å². The lowest BCUT2D eigenvalue weighted by atomic mass is 10.0. The van der Waals surface area contributed by atoms with E-state index in [2.05, 4.69) is 0 Å². The predicted octanol–water partition coefficient (Wildman–Crippen LogP) is 2.85. The summed E-state index contributed by atoms with van der Waals surface area (Å²) in [5.74, 6) is 1.32. The Balaban J connectivity index is 2.11. The third-order valence-corrected chi connectivity index (χ3v) is 4.05. The van der Waals surface area contributed by atoms with Crippen molar-refractivity contribution in [2.24, 2.45) is 0 Å². The van der Waals surface area contributed by atoms with Crippen molar-refractivity contribution in [3.8, 4) is 11.5 Å². The molecule has 1 aromatic carbocycles. The summed E-state index contributed by atoms with van der Waals surface area (Å²) >= 11 is 0. The van der Waals surface area contributed by atoms with Crippen molar-refractivity contribution in [2.45, 2.75) is 33.0 Å². The Morgan fingerprint density at radius 3 is 2.32 bits per heavy atom. The van der Waals surface area contributed by atoms with Crippen molar-refractivity contribution in [1.82, 2.24) is 4.90 Å². The van der Waals surface area contributed by atoms with Crippen molar-refractivity contribution in [2.75, 3.05) is 34.0 Å². The van der Waals surface area contributed by atoms with Crippen LogP contribution < -0.4 is 9.47 Å². The Morgan fingerprint density at radius 1 is 1.08 bits per heavy atom. The summed E-state index contributed by atoms with van der Waals surface area (Å²) in [6, 6.07) is 3.76. The molecule has 0 saturated carbocycles. The van der Waals surface area contributed by atoms with E-state index in [4.69, 9.17) is 18.9 Å². The molecule has 1 amide bonds. The van der Waals surface area contributed by atoms with E-state index in [1.807, 2.05) is 38.3 Å². The second-order valence-electron chi connectivity index (χ2n) is 5.61. The average molecular weight is 349 g/mol. The Morgan fingerprint density at radius 2 is 1.72 bits per heavy atom. The van der Waals surface area contributed by atoms with Crippen LogP contribution in [0.15, 0.2) is 18.3 Å². The summed E-state index contributed by atoms with van der Waals surface area (Å²) in [6.45, 7) is 5.57. The monoisotopic (exact) mass is 349 g/mol. The molecule has 6 nitrogen and oxygen atoms in total. The lowest BCUT2D eigenvalue weighted by Crippen LogP contribution is -2.31. The number of carbonyl (C=O) groups is 1. The predicted molar refractivity (Wildman–Crippen MR) is 95.7 cm³/mol. The second-order valence-corrected chi connectivity index (χ2v) is 5.61.